The van der Waals surface area contributed by atoms with Crippen molar-refractivity contribution in [3.05, 3.63) is 12.2 Å². The van der Waals surface area contributed by atoms with Gasteiger partial charge < -0.3 is 10.1 Å². The van der Waals surface area contributed by atoms with Crippen molar-refractivity contribution in [1.29, 1.82) is 0 Å². The Balaban J connectivity index is 1.40. The molecule has 2 heteroatoms. The highest BCUT2D eigenvalue weighted by molar-refractivity contribution is 4.99. The maximum atomic E-state index is 5.61. The molecule has 2 aliphatic rings. The molecular formula is C13H23NO. The fourth-order valence-electron chi connectivity index (χ4n) is 1.88. The lowest BCUT2D eigenvalue weighted by Crippen LogP contribution is -2.21. The Morgan fingerprint density at radius 2 is 2.07 bits per heavy atom. The van der Waals surface area contributed by atoms with Crippen LogP contribution in [0.5, 0.6) is 0 Å². The fourth-order valence-corrected chi connectivity index (χ4v) is 1.88. The summed E-state index contributed by atoms with van der Waals surface area (Å²) in [6.45, 7) is 6.62. The highest BCUT2D eigenvalue weighted by Crippen LogP contribution is 2.29. The first-order chi connectivity index (χ1) is 7.34. The molecule has 0 saturated heterocycles. The van der Waals surface area contributed by atoms with Crippen LogP contribution in [-0.4, -0.2) is 25.8 Å². The molecule has 0 aliphatic heterocycles. The summed E-state index contributed by atoms with van der Waals surface area (Å²) in [5, 5.41) is 3.45. The maximum absolute atomic E-state index is 5.61. The molecule has 0 aromatic carbocycles. The molecule has 2 fully saturated rings. The predicted octanol–water partition coefficient (Wildman–Crippen LogP) is 2.50. The first kappa shape index (κ1) is 11.2. The molecule has 1 N–H and O–H groups in total. The summed E-state index contributed by atoms with van der Waals surface area (Å²) < 4.78 is 5.61. The van der Waals surface area contributed by atoms with E-state index in [1.807, 2.05) is 0 Å². The minimum atomic E-state index is 0.742. The van der Waals surface area contributed by atoms with Crippen molar-refractivity contribution >= 4 is 0 Å². The monoisotopic (exact) mass is 209 g/mol. The molecule has 0 unspecified atom stereocenters. The first-order valence-corrected chi connectivity index (χ1v) is 6.32. The van der Waals surface area contributed by atoms with Crippen LogP contribution in [0.4, 0.5) is 0 Å². The summed E-state index contributed by atoms with van der Waals surface area (Å²) >= 11 is 0. The molecule has 2 rings (SSSR count). The van der Waals surface area contributed by atoms with E-state index >= 15 is 0 Å². The van der Waals surface area contributed by atoms with E-state index in [0.29, 0.717) is 0 Å². The summed E-state index contributed by atoms with van der Waals surface area (Å²) in [4.78, 5) is 0. The van der Waals surface area contributed by atoms with Crippen LogP contribution in [0.15, 0.2) is 12.2 Å². The molecule has 0 amide bonds. The molecule has 86 valence electrons. The van der Waals surface area contributed by atoms with E-state index < -0.39 is 0 Å². The lowest BCUT2D eigenvalue weighted by atomic mass is 9.83. The van der Waals surface area contributed by atoms with Crippen molar-refractivity contribution in [2.45, 2.75) is 44.6 Å². The summed E-state index contributed by atoms with van der Waals surface area (Å²) in [6, 6.07) is 0.775. The van der Waals surface area contributed by atoms with E-state index in [-0.39, 0.29) is 0 Å². The zero-order chi connectivity index (χ0) is 10.5. The van der Waals surface area contributed by atoms with Crippen molar-refractivity contribution in [1.82, 2.24) is 5.32 Å². The summed E-state index contributed by atoms with van der Waals surface area (Å²) in [6.07, 6.45) is 8.22. The van der Waals surface area contributed by atoms with Gasteiger partial charge in [-0.1, -0.05) is 25.8 Å². The van der Waals surface area contributed by atoms with Crippen LogP contribution in [0.25, 0.3) is 0 Å². The molecule has 0 radical (unpaired) electrons. The average Bonchev–Trinajstić information content (AvgIpc) is 2.95. The van der Waals surface area contributed by atoms with Crippen LogP contribution in [-0.2, 0) is 4.74 Å². The van der Waals surface area contributed by atoms with Crippen molar-refractivity contribution in [2.75, 3.05) is 19.8 Å². The van der Waals surface area contributed by atoms with E-state index in [1.54, 1.807) is 0 Å². The molecule has 0 aromatic heterocycles. The Hall–Kier alpha value is -0.340. The average molecular weight is 209 g/mol. The van der Waals surface area contributed by atoms with Gasteiger partial charge in [-0.3, -0.25) is 0 Å². The van der Waals surface area contributed by atoms with Crippen molar-refractivity contribution in [3.63, 3.8) is 0 Å². The van der Waals surface area contributed by atoms with Crippen molar-refractivity contribution in [2.24, 2.45) is 5.92 Å². The first-order valence-electron chi connectivity index (χ1n) is 6.32. The smallest absolute Gasteiger partial charge is 0.0686 e. The molecular weight excluding hydrogens is 186 g/mol. The van der Waals surface area contributed by atoms with Gasteiger partial charge in [-0.2, -0.15) is 0 Å². The number of hydrogen-bond donors (Lipinski definition) is 1. The molecule has 2 aliphatic carbocycles. The van der Waals surface area contributed by atoms with Gasteiger partial charge >= 0.3 is 0 Å². The SMILES string of the molecule is C=C(CNC1CC1)COCCC1CCC1. The summed E-state index contributed by atoms with van der Waals surface area (Å²) in [5.41, 5.74) is 1.19. The van der Waals surface area contributed by atoms with Gasteiger partial charge in [0.15, 0.2) is 0 Å². The van der Waals surface area contributed by atoms with Crippen molar-refractivity contribution in [3.8, 4) is 0 Å². The van der Waals surface area contributed by atoms with Gasteiger partial charge in [0, 0.05) is 19.2 Å². The normalized spacial score (nSPS) is 21.3. The van der Waals surface area contributed by atoms with Gasteiger partial charge in [0.05, 0.1) is 6.61 Å². The Bertz CT molecular complexity index is 207. The van der Waals surface area contributed by atoms with E-state index in [4.69, 9.17) is 4.74 Å². The van der Waals surface area contributed by atoms with Crippen LogP contribution in [0, 0.1) is 5.92 Å². The Morgan fingerprint density at radius 3 is 2.67 bits per heavy atom. The van der Waals surface area contributed by atoms with Crippen LogP contribution < -0.4 is 5.32 Å². The highest BCUT2D eigenvalue weighted by atomic mass is 16.5. The van der Waals surface area contributed by atoms with Crippen LogP contribution >= 0.6 is 0 Å². The molecule has 2 saturated carbocycles. The van der Waals surface area contributed by atoms with Crippen LogP contribution in [0.2, 0.25) is 0 Å². The standard InChI is InChI=1S/C13H23NO/c1-11(9-14-13-5-6-13)10-15-8-7-12-3-2-4-12/h12-14H,1-10H2. The van der Waals surface area contributed by atoms with Crippen LogP contribution in [0.3, 0.4) is 0 Å². The van der Waals surface area contributed by atoms with E-state index in [1.165, 1.54) is 44.1 Å². The van der Waals surface area contributed by atoms with E-state index in [9.17, 15) is 0 Å². The minimum absolute atomic E-state index is 0.742. The van der Waals surface area contributed by atoms with Gasteiger partial charge in [0.1, 0.15) is 0 Å². The van der Waals surface area contributed by atoms with Gasteiger partial charge in [0.25, 0.3) is 0 Å². The van der Waals surface area contributed by atoms with Crippen LogP contribution in [0.1, 0.15) is 38.5 Å². The molecule has 0 aromatic rings. The second-order valence-corrected chi connectivity index (χ2v) is 5.04. The number of hydrogen-bond acceptors (Lipinski definition) is 2. The predicted molar refractivity (Wildman–Crippen MR) is 62.9 cm³/mol. The number of rotatable bonds is 8. The fraction of sp³-hybridized carbons (Fsp3) is 0.846. The van der Waals surface area contributed by atoms with E-state index in [0.717, 1.165) is 31.7 Å². The van der Waals surface area contributed by atoms with Gasteiger partial charge in [-0.25, -0.2) is 0 Å². The summed E-state index contributed by atoms with van der Waals surface area (Å²) in [5.74, 6) is 0.961. The Morgan fingerprint density at radius 1 is 1.27 bits per heavy atom. The van der Waals surface area contributed by atoms with Gasteiger partial charge in [0.2, 0.25) is 0 Å². The van der Waals surface area contributed by atoms with Gasteiger partial charge in [-0.05, 0) is 30.8 Å². The molecule has 2 nitrogen and oxygen atoms in total. The lowest BCUT2D eigenvalue weighted by molar-refractivity contribution is 0.122. The largest absolute Gasteiger partial charge is 0.377 e. The molecule has 0 bridgehead atoms. The number of nitrogens with one attached hydrogen (secondary N) is 1. The molecule has 0 atom stereocenters. The zero-order valence-electron chi connectivity index (χ0n) is 9.63. The van der Waals surface area contributed by atoms with E-state index in [2.05, 4.69) is 11.9 Å². The quantitative estimate of drug-likeness (QED) is 0.490. The third-order valence-corrected chi connectivity index (χ3v) is 3.42. The molecule has 0 heterocycles. The third-order valence-electron chi connectivity index (χ3n) is 3.42. The third kappa shape index (κ3) is 4.35. The minimum Gasteiger partial charge on any atom is -0.377 e. The molecule has 0 spiro atoms. The Labute approximate surface area is 93.1 Å². The lowest BCUT2D eigenvalue weighted by Gasteiger charge is -2.24. The van der Waals surface area contributed by atoms with Gasteiger partial charge in [-0.15, -0.1) is 0 Å². The summed E-state index contributed by atoms with van der Waals surface area (Å²) in [7, 11) is 0. The topological polar surface area (TPSA) is 21.3 Å². The highest BCUT2D eigenvalue weighted by Gasteiger charge is 2.20. The zero-order valence-corrected chi connectivity index (χ0v) is 9.63. The Kier molecular flexibility index (Phi) is 4.21. The maximum Gasteiger partial charge on any atom is 0.0686 e. The second-order valence-electron chi connectivity index (χ2n) is 5.04. The second kappa shape index (κ2) is 5.66. The number of ether oxygens (including phenoxy) is 1. The van der Waals surface area contributed by atoms with Crippen molar-refractivity contribution < 1.29 is 4.74 Å². The molecule has 15 heavy (non-hydrogen) atoms.